The summed E-state index contributed by atoms with van der Waals surface area (Å²) in [7, 11) is 2.96. The molecule has 8 nitrogen and oxygen atoms in total. The van der Waals surface area contributed by atoms with Gasteiger partial charge in [-0.3, -0.25) is 0 Å². The fraction of sp³-hybridized carbons (Fsp3) is 0.306. The van der Waals surface area contributed by atoms with Gasteiger partial charge in [-0.05, 0) is 69.6 Å². The van der Waals surface area contributed by atoms with Crippen molar-refractivity contribution in [2.24, 2.45) is 0 Å². The van der Waals surface area contributed by atoms with Crippen LogP contribution in [0.2, 0.25) is 0 Å². The number of halogens is 1. The fourth-order valence-electron chi connectivity index (χ4n) is 4.80. The van der Waals surface area contributed by atoms with Crippen LogP contribution in [0, 0.1) is 13.5 Å². The van der Waals surface area contributed by atoms with Gasteiger partial charge < -0.3 is 44.6 Å². The molecular formula is C36H40BBrO8Y2-2. The maximum atomic E-state index is 8.73. The normalized spacial score (nSPS) is 14.3. The number of aliphatic hydroxyl groups excluding tert-OH is 1. The number of rotatable bonds is 6. The first-order valence-corrected chi connectivity index (χ1v) is 15.3. The first-order valence-electron chi connectivity index (χ1n) is 14.5. The summed E-state index contributed by atoms with van der Waals surface area (Å²) < 4.78 is 39.8. The van der Waals surface area contributed by atoms with Crippen LogP contribution >= 0.6 is 15.9 Å². The Morgan fingerprint density at radius 3 is 1.75 bits per heavy atom. The van der Waals surface area contributed by atoms with Gasteiger partial charge in [0.15, 0.2) is 0 Å². The van der Waals surface area contributed by atoms with Gasteiger partial charge in [0.2, 0.25) is 0 Å². The van der Waals surface area contributed by atoms with E-state index in [1.807, 2.05) is 60.7 Å². The number of hydrogen-bond donors (Lipinski definition) is 1. The van der Waals surface area contributed by atoms with Crippen LogP contribution in [-0.2, 0) is 104 Å². The maximum absolute atomic E-state index is 8.73. The van der Waals surface area contributed by atoms with E-state index in [0.717, 1.165) is 54.4 Å². The van der Waals surface area contributed by atoms with Gasteiger partial charge >= 0.3 is 7.12 Å². The summed E-state index contributed by atoms with van der Waals surface area (Å²) in [5, 5.41) is 11.9. The van der Waals surface area contributed by atoms with Gasteiger partial charge in [0.1, 0.15) is 41.7 Å². The molecule has 7 rings (SSSR count). The summed E-state index contributed by atoms with van der Waals surface area (Å²) >= 11 is 3.41. The third-order valence-electron chi connectivity index (χ3n) is 7.79. The molecule has 1 fully saturated rings. The first-order chi connectivity index (χ1) is 21.5. The van der Waals surface area contributed by atoms with E-state index in [9.17, 15) is 0 Å². The average molecular weight is 869 g/mol. The topological polar surface area (TPSA) is 96.6 Å². The molecule has 3 aromatic heterocycles. The van der Waals surface area contributed by atoms with Crippen molar-refractivity contribution < 1.29 is 103 Å². The van der Waals surface area contributed by atoms with E-state index in [2.05, 4.69) is 55.8 Å². The summed E-state index contributed by atoms with van der Waals surface area (Å²) in [5.41, 5.74) is 2.89. The maximum Gasteiger partial charge on any atom is 0.494 e. The molecule has 0 spiro atoms. The van der Waals surface area contributed by atoms with E-state index < -0.39 is 0 Å². The van der Waals surface area contributed by atoms with E-state index >= 15 is 0 Å². The van der Waals surface area contributed by atoms with Gasteiger partial charge in [0.05, 0.1) is 17.8 Å². The van der Waals surface area contributed by atoms with Crippen LogP contribution in [-0.4, -0.2) is 37.6 Å². The zero-order valence-electron chi connectivity index (χ0n) is 28.5. The SMILES string of the molecule is COCc1cc2cc(B3OC(C)(C)C(C)(C)O3)ccc2o1.COCc1cc2cc(Br)ccc2o1.OCc1cc2c[c-]ccc2o1.[CH3-].[Y].[Y]. The van der Waals surface area contributed by atoms with Crippen molar-refractivity contribution >= 4 is 61.4 Å². The van der Waals surface area contributed by atoms with E-state index in [0.29, 0.717) is 19.0 Å². The summed E-state index contributed by atoms with van der Waals surface area (Å²) in [5.74, 6) is 2.27. The Kier molecular flexibility index (Phi) is 16.9. The second-order valence-corrected chi connectivity index (χ2v) is 12.6. The molecule has 2 radical (unpaired) electrons. The second kappa shape index (κ2) is 18.9. The molecule has 0 aliphatic carbocycles. The van der Waals surface area contributed by atoms with Crippen molar-refractivity contribution in [3.63, 3.8) is 0 Å². The molecule has 1 N–H and O–H groups in total. The predicted octanol–water partition coefficient (Wildman–Crippen LogP) is 8.39. The number of fused-ring (bicyclic) bond motifs is 3. The minimum absolute atomic E-state index is 0. The Hall–Kier alpha value is -1.17. The standard InChI is InChI=1S/C16H21BO4.C10H9BrO2.C9H7O2.CH3.2Y/c1-15(2)16(3,4)21-17(20-15)12-6-7-14-11(8-12)9-13(19-14)10-18-5;1-12-6-9-5-7-4-8(11)2-3-10(7)13-9;10-6-8-5-7-3-1-2-4-9(7)11-8;;;/h6-9H,10H2,1-5H3;2-5H,6H2,1H3;2-5,10H,6H2;1H3;;/q;;2*-1;;. The second-order valence-electron chi connectivity index (χ2n) is 11.7. The number of furan rings is 3. The Labute approximate surface area is 341 Å². The predicted molar refractivity (Wildman–Crippen MR) is 185 cm³/mol. The van der Waals surface area contributed by atoms with Crippen molar-refractivity contribution in [3.05, 3.63) is 108 Å². The number of benzene rings is 3. The van der Waals surface area contributed by atoms with Crippen LogP contribution in [0.1, 0.15) is 45.0 Å². The van der Waals surface area contributed by atoms with Gasteiger partial charge in [-0.2, -0.15) is 18.2 Å². The summed E-state index contributed by atoms with van der Waals surface area (Å²) in [4.78, 5) is 0. The van der Waals surface area contributed by atoms with Crippen molar-refractivity contribution in [2.75, 3.05) is 14.2 Å². The molecule has 0 atom stereocenters. The van der Waals surface area contributed by atoms with Crippen LogP contribution in [0.15, 0.2) is 90.5 Å². The molecule has 6 aromatic rings. The van der Waals surface area contributed by atoms with E-state index in [1.165, 1.54) is 0 Å². The zero-order valence-corrected chi connectivity index (χ0v) is 35.7. The van der Waals surface area contributed by atoms with Gasteiger partial charge in [0, 0.05) is 100 Å². The minimum Gasteiger partial charge on any atom is -0.485 e. The van der Waals surface area contributed by atoms with Crippen LogP contribution in [0.5, 0.6) is 0 Å². The van der Waals surface area contributed by atoms with E-state index in [4.69, 9.17) is 37.1 Å². The van der Waals surface area contributed by atoms with Gasteiger partial charge in [-0.15, -0.1) is 6.07 Å². The summed E-state index contributed by atoms with van der Waals surface area (Å²) in [6.07, 6.45) is 0. The largest absolute Gasteiger partial charge is 0.494 e. The molecule has 48 heavy (non-hydrogen) atoms. The average Bonchev–Trinajstić information content (AvgIpc) is 3.76. The smallest absolute Gasteiger partial charge is 0.485 e. The van der Waals surface area contributed by atoms with Crippen molar-refractivity contribution in [1.82, 2.24) is 0 Å². The molecule has 1 saturated heterocycles. The summed E-state index contributed by atoms with van der Waals surface area (Å²) in [6, 6.07) is 26.1. The molecule has 0 amide bonds. The molecule has 1 aliphatic rings. The van der Waals surface area contributed by atoms with Crippen molar-refractivity contribution in [2.45, 2.75) is 58.7 Å². The quantitative estimate of drug-likeness (QED) is 0.132. The third-order valence-corrected chi connectivity index (χ3v) is 8.28. The third kappa shape index (κ3) is 10.4. The molecule has 0 saturated carbocycles. The molecule has 12 heteroatoms. The van der Waals surface area contributed by atoms with E-state index in [1.54, 1.807) is 20.3 Å². The molecule has 4 heterocycles. The van der Waals surface area contributed by atoms with Gasteiger partial charge in [-0.1, -0.05) is 39.5 Å². The van der Waals surface area contributed by atoms with Crippen LogP contribution in [0.25, 0.3) is 32.9 Å². The van der Waals surface area contributed by atoms with Crippen LogP contribution in [0.4, 0.5) is 0 Å². The Bertz CT molecular complexity index is 1830. The number of aliphatic hydroxyl groups is 1. The first kappa shape index (κ1) is 43.0. The summed E-state index contributed by atoms with van der Waals surface area (Å²) in [6.45, 7) is 9.17. The molecule has 1 aliphatic heterocycles. The fourth-order valence-corrected chi connectivity index (χ4v) is 5.17. The van der Waals surface area contributed by atoms with Crippen molar-refractivity contribution in [3.8, 4) is 0 Å². The molecule has 0 bridgehead atoms. The Morgan fingerprint density at radius 1 is 0.708 bits per heavy atom. The van der Waals surface area contributed by atoms with Gasteiger partial charge in [0.25, 0.3) is 0 Å². The molecule has 0 unspecified atom stereocenters. The number of methoxy groups -OCH3 is 2. The molecule has 3 aromatic carbocycles. The van der Waals surface area contributed by atoms with E-state index in [-0.39, 0.29) is 97.8 Å². The van der Waals surface area contributed by atoms with Crippen molar-refractivity contribution in [1.29, 1.82) is 0 Å². The zero-order chi connectivity index (χ0) is 32.2. The number of ether oxygens (including phenoxy) is 2. The monoisotopic (exact) mass is 868 g/mol. The minimum atomic E-state index is -0.347. The van der Waals surface area contributed by atoms with Gasteiger partial charge in [-0.25, -0.2) is 0 Å². The Morgan fingerprint density at radius 2 is 1.21 bits per heavy atom. The van der Waals surface area contributed by atoms with Crippen LogP contribution in [0.3, 0.4) is 0 Å². The molecule has 250 valence electrons. The molecular weight excluding hydrogens is 829 g/mol. The Balaban J connectivity index is 0.000000257. The van der Waals surface area contributed by atoms with Crippen LogP contribution < -0.4 is 5.46 Å². The number of hydrogen-bond acceptors (Lipinski definition) is 8.